The highest BCUT2D eigenvalue weighted by atomic mass is 32.1. The summed E-state index contributed by atoms with van der Waals surface area (Å²) >= 11 is 1.64. The fourth-order valence-electron chi connectivity index (χ4n) is 2.95. The molecule has 0 radical (unpaired) electrons. The Bertz CT molecular complexity index is 1070. The number of benzene rings is 1. The lowest BCUT2D eigenvalue weighted by molar-refractivity contribution is -0.672. The average molecular weight is 379 g/mol. The van der Waals surface area contributed by atoms with Crippen molar-refractivity contribution in [1.29, 1.82) is 5.26 Å². The molecule has 4 aromatic rings. The minimum atomic E-state index is 0.273. The number of para-hydroxylation sites is 1. The van der Waals surface area contributed by atoms with E-state index >= 15 is 0 Å². The molecule has 0 saturated heterocycles. The van der Waals surface area contributed by atoms with E-state index in [1.165, 1.54) is 0 Å². The summed E-state index contributed by atoms with van der Waals surface area (Å²) in [7, 11) is 0. The molecule has 0 bridgehead atoms. The summed E-state index contributed by atoms with van der Waals surface area (Å²) in [5, 5.41) is 18.9. The lowest BCUT2D eigenvalue weighted by atomic mass is 10.1. The molecule has 0 aliphatic heterocycles. The van der Waals surface area contributed by atoms with Gasteiger partial charge in [0.2, 0.25) is 0 Å². The number of aryl methyl sites for hydroxylation is 1. The number of aromatic amines is 1. The zero-order valence-corrected chi connectivity index (χ0v) is 15.4. The number of furan rings is 1. The van der Waals surface area contributed by atoms with E-state index in [1.807, 2.05) is 30.3 Å². The normalized spacial score (nSPS) is 11.1. The number of quaternary nitrogens is 1. The van der Waals surface area contributed by atoms with Gasteiger partial charge in [-0.2, -0.15) is 10.4 Å². The number of nitrogen functional groups attached to an aromatic ring is 1. The van der Waals surface area contributed by atoms with E-state index < -0.39 is 0 Å². The summed E-state index contributed by atoms with van der Waals surface area (Å²) in [6.07, 6.45) is 1.67. The zero-order valence-electron chi connectivity index (χ0n) is 14.6. The van der Waals surface area contributed by atoms with Crippen molar-refractivity contribution in [3.8, 4) is 16.8 Å². The maximum atomic E-state index is 9.07. The molecule has 5 N–H and O–H groups in total. The minimum Gasteiger partial charge on any atom is -0.453 e. The van der Waals surface area contributed by atoms with Crippen molar-refractivity contribution < 1.29 is 9.73 Å². The number of anilines is 1. The Balaban J connectivity index is 1.29. The number of H-pyrrole nitrogens is 1. The highest BCUT2D eigenvalue weighted by Crippen LogP contribution is 2.30. The molecular weight excluding hydrogens is 360 g/mol. The molecule has 0 fully saturated rings. The molecule has 7 nitrogen and oxygen atoms in total. The Kier molecular flexibility index (Phi) is 4.87. The van der Waals surface area contributed by atoms with E-state index in [-0.39, 0.29) is 5.82 Å². The van der Waals surface area contributed by atoms with Gasteiger partial charge >= 0.3 is 0 Å². The summed E-state index contributed by atoms with van der Waals surface area (Å²) in [4.78, 5) is 4.63. The molecule has 3 heterocycles. The predicted octanol–water partition coefficient (Wildman–Crippen LogP) is 2.43. The molecule has 0 atom stereocenters. The molecule has 1 aromatic carbocycles. The second kappa shape index (κ2) is 7.61. The number of hydrogen-bond donors (Lipinski definition) is 3. The highest BCUT2D eigenvalue weighted by molar-refractivity contribution is 7.21. The second-order valence-electron chi connectivity index (χ2n) is 6.21. The zero-order chi connectivity index (χ0) is 18.6. The summed E-state index contributed by atoms with van der Waals surface area (Å²) in [5.74, 6) is 2.01. The molecular formula is C19H19N6OS+. The van der Waals surface area contributed by atoms with Crippen molar-refractivity contribution in [2.75, 3.05) is 12.3 Å². The maximum absolute atomic E-state index is 9.07. The first kappa shape index (κ1) is 17.3. The van der Waals surface area contributed by atoms with Crippen LogP contribution in [0.15, 0.2) is 40.8 Å². The lowest BCUT2D eigenvalue weighted by Gasteiger charge is -2.00. The van der Waals surface area contributed by atoms with Crippen molar-refractivity contribution in [2.24, 2.45) is 0 Å². The van der Waals surface area contributed by atoms with E-state index in [0.29, 0.717) is 5.56 Å². The van der Waals surface area contributed by atoms with Gasteiger partial charge in [-0.1, -0.05) is 12.1 Å². The SMILES string of the molecule is N#Cc1c(N)n[nH]c1CCC[NH2+]Cc1ccc(-c2nc3ccccc3s2)o1. The summed E-state index contributed by atoms with van der Waals surface area (Å²) in [5.41, 5.74) is 7.91. The van der Waals surface area contributed by atoms with Crippen LogP contribution in [0.1, 0.15) is 23.4 Å². The molecule has 0 amide bonds. The topological polar surface area (TPSA) is 121 Å². The number of fused-ring (bicyclic) bond motifs is 1. The van der Waals surface area contributed by atoms with Crippen LogP contribution in [0, 0.1) is 11.3 Å². The van der Waals surface area contributed by atoms with Crippen LogP contribution in [0.25, 0.3) is 21.0 Å². The summed E-state index contributed by atoms with van der Waals surface area (Å²) < 4.78 is 7.11. The number of nitriles is 1. The summed E-state index contributed by atoms with van der Waals surface area (Å²) in [6, 6.07) is 14.2. The Morgan fingerprint density at radius 3 is 3.00 bits per heavy atom. The number of nitrogens with one attached hydrogen (secondary N) is 1. The van der Waals surface area contributed by atoms with Crippen LogP contribution in [0.3, 0.4) is 0 Å². The van der Waals surface area contributed by atoms with Crippen molar-refractivity contribution in [1.82, 2.24) is 15.2 Å². The number of rotatable bonds is 7. The molecule has 136 valence electrons. The molecule has 27 heavy (non-hydrogen) atoms. The van der Waals surface area contributed by atoms with E-state index in [0.717, 1.165) is 58.4 Å². The number of aromatic nitrogens is 3. The highest BCUT2D eigenvalue weighted by Gasteiger charge is 2.12. The Morgan fingerprint density at radius 1 is 1.26 bits per heavy atom. The van der Waals surface area contributed by atoms with E-state index in [2.05, 4.69) is 32.6 Å². The minimum absolute atomic E-state index is 0.273. The largest absolute Gasteiger partial charge is 0.453 e. The van der Waals surface area contributed by atoms with Crippen LogP contribution in [0.5, 0.6) is 0 Å². The smallest absolute Gasteiger partial charge is 0.163 e. The van der Waals surface area contributed by atoms with Crippen molar-refractivity contribution in [3.63, 3.8) is 0 Å². The van der Waals surface area contributed by atoms with Crippen molar-refractivity contribution in [3.05, 3.63) is 53.4 Å². The quantitative estimate of drug-likeness (QED) is 0.426. The van der Waals surface area contributed by atoms with Gasteiger partial charge in [0.05, 0.1) is 22.5 Å². The fraction of sp³-hybridized carbons (Fsp3) is 0.211. The number of thiazole rings is 1. The third kappa shape index (κ3) is 3.69. The lowest BCUT2D eigenvalue weighted by Crippen LogP contribution is -2.82. The van der Waals surface area contributed by atoms with Crippen LogP contribution in [0.2, 0.25) is 0 Å². The molecule has 3 aromatic heterocycles. The average Bonchev–Trinajstić information content (AvgIpc) is 3.39. The van der Waals surface area contributed by atoms with Crippen molar-refractivity contribution >= 4 is 27.4 Å². The van der Waals surface area contributed by atoms with Gasteiger partial charge in [0.1, 0.15) is 18.2 Å². The number of hydrogen-bond acceptors (Lipinski definition) is 6. The third-order valence-corrected chi connectivity index (χ3v) is 5.38. The molecule has 4 rings (SSSR count). The maximum Gasteiger partial charge on any atom is 0.163 e. The predicted molar refractivity (Wildman–Crippen MR) is 104 cm³/mol. The van der Waals surface area contributed by atoms with Gasteiger partial charge in [0, 0.05) is 6.42 Å². The standard InChI is InChI=1S/C19H18N6OS/c20-10-13-14(24-25-18(13)21)5-3-9-22-11-12-7-8-16(26-12)19-23-15-4-1-2-6-17(15)27-19/h1-2,4,6-8,22H,3,5,9,11H2,(H3,21,24,25)/p+1. The van der Waals surface area contributed by atoms with Gasteiger partial charge in [0.15, 0.2) is 22.3 Å². The summed E-state index contributed by atoms with van der Waals surface area (Å²) in [6.45, 7) is 1.68. The van der Waals surface area contributed by atoms with Crippen LogP contribution in [-0.4, -0.2) is 21.7 Å². The monoisotopic (exact) mass is 379 g/mol. The van der Waals surface area contributed by atoms with Gasteiger partial charge in [-0.25, -0.2) is 4.98 Å². The molecule has 0 saturated carbocycles. The molecule has 0 unspecified atom stereocenters. The first-order valence-corrected chi connectivity index (χ1v) is 9.55. The van der Waals surface area contributed by atoms with Crippen LogP contribution in [0.4, 0.5) is 5.82 Å². The van der Waals surface area contributed by atoms with E-state index in [9.17, 15) is 0 Å². The number of nitrogens with two attached hydrogens (primary N) is 2. The van der Waals surface area contributed by atoms with Crippen LogP contribution < -0.4 is 11.1 Å². The van der Waals surface area contributed by atoms with Gasteiger partial charge in [-0.05, 0) is 30.7 Å². The third-order valence-electron chi connectivity index (χ3n) is 4.33. The Hall–Kier alpha value is -3.15. The number of nitrogens with zero attached hydrogens (tertiary/aromatic N) is 3. The first-order chi connectivity index (χ1) is 13.2. The molecule has 8 heteroatoms. The first-order valence-electron chi connectivity index (χ1n) is 8.73. The van der Waals surface area contributed by atoms with Crippen molar-refractivity contribution in [2.45, 2.75) is 19.4 Å². The Morgan fingerprint density at radius 2 is 2.15 bits per heavy atom. The van der Waals surface area contributed by atoms with Gasteiger partial charge < -0.3 is 15.5 Å². The van der Waals surface area contributed by atoms with Gasteiger partial charge in [-0.15, -0.1) is 11.3 Å². The second-order valence-corrected chi connectivity index (χ2v) is 7.24. The van der Waals surface area contributed by atoms with Gasteiger partial charge in [0.25, 0.3) is 0 Å². The van der Waals surface area contributed by atoms with E-state index in [4.69, 9.17) is 15.4 Å². The van der Waals surface area contributed by atoms with E-state index in [1.54, 1.807) is 11.3 Å². The molecule has 0 aliphatic rings. The fourth-order valence-corrected chi connectivity index (χ4v) is 3.87. The van der Waals surface area contributed by atoms with Crippen LogP contribution in [-0.2, 0) is 13.0 Å². The van der Waals surface area contributed by atoms with Crippen LogP contribution >= 0.6 is 11.3 Å². The van der Waals surface area contributed by atoms with Gasteiger partial charge in [-0.3, -0.25) is 5.10 Å². The molecule has 0 spiro atoms. The Labute approximate surface area is 159 Å². The molecule has 0 aliphatic carbocycles.